The van der Waals surface area contributed by atoms with Crippen LogP contribution in [-0.4, -0.2) is 61.8 Å². The largest absolute Gasteiger partial charge is 0.478 e. The molecule has 2 aromatic carbocycles. The Balaban J connectivity index is 1.43. The zero-order chi connectivity index (χ0) is 22.7. The maximum atomic E-state index is 11.7. The maximum absolute atomic E-state index is 11.7. The monoisotopic (exact) mass is 451 g/mol. The predicted octanol–water partition coefficient (Wildman–Crippen LogP) is 3.17. The average molecular weight is 452 g/mol. The van der Waals surface area contributed by atoms with Crippen molar-refractivity contribution in [1.29, 1.82) is 0 Å². The van der Waals surface area contributed by atoms with E-state index < -0.39 is 15.8 Å². The van der Waals surface area contributed by atoms with E-state index in [-0.39, 0.29) is 0 Å². The smallest absolute Gasteiger partial charge is 0.335 e. The number of piperazine rings is 1. The van der Waals surface area contributed by atoms with Crippen molar-refractivity contribution in [2.24, 2.45) is 0 Å². The first-order chi connectivity index (χ1) is 15.3. The molecule has 1 aliphatic rings. The quantitative estimate of drug-likeness (QED) is 0.616. The summed E-state index contributed by atoms with van der Waals surface area (Å²) >= 11 is 0. The highest BCUT2D eigenvalue weighted by atomic mass is 32.2. The van der Waals surface area contributed by atoms with Crippen molar-refractivity contribution >= 4 is 21.5 Å². The molecule has 8 heteroatoms. The van der Waals surface area contributed by atoms with Gasteiger partial charge in [-0.25, -0.2) is 13.2 Å². The highest BCUT2D eigenvalue weighted by Gasteiger charge is 2.19. The van der Waals surface area contributed by atoms with Gasteiger partial charge in [0.05, 0.1) is 16.2 Å². The van der Waals surface area contributed by atoms with E-state index in [1.165, 1.54) is 6.26 Å². The van der Waals surface area contributed by atoms with Crippen molar-refractivity contribution in [2.45, 2.75) is 11.4 Å². The Morgan fingerprint density at radius 2 is 1.62 bits per heavy atom. The van der Waals surface area contributed by atoms with E-state index in [2.05, 4.69) is 20.9 Å². The number of rotatable bonds is 6. The van der Waals surface area contributed by atoms with Gasteiger partial charge in [-0.1, -0.05) is 18.2 Å². The number of carboxylic acids is 1. The maximum Gasteiger partial charge on any atom is 0.335 e. The van der Waals surface area contributed by atoms with Gasteiger partial charge in [0.15, 0.2) is 9.84 Å². The fraction of sp³-hybridized carbons (Fsp3) is 0.250. The third kappa shape index (κ3) is 4.98. The molecule has 0 atom stereocenters. The first kappa shape index (κ1) is 22.0. The molecule has 0 unspecified atom stereocenters. The predicted molar refractivity (Wildman–Crippen MR) is 124 cm³/mol. The molecular formula is C24H25N3O4S. The van der Waals surface area contributed by atoms with Crippen LogP contribution in [0, 0.1) is 0 Å². The zero-order valence-corrected chi connectivity index (χ0v) is 18.6. The summed E-state index contributed by atoms with van der Waals surface area (Å²) < 4.78 is 23.5. The number of aromatic nitrogens is 1. The van der Waals surface area contributed by atoms with Crippen LogP contribution in [0.5, 0.6) is 0 Å². The number of anilines is 1. The van der Waals surface area contributed by atoms with Gasteiger partial charge in [-0.2, -0.15) is 0 Å². The third-order valence-electron chi connectivity index (χ3n) is 5.69. The Morgan fingerprint density at radius 1 is 0.969 bits per heavy atom. The van der Waals surface area contributed by atoms with Gasteiger partial charge in [0, 0.05) is 56.4 Å². The van der Waals surface area contributed by atoms with Gasteiger partial charge in [0.2, 0.25) is 0 Å². The topological polar surface area (TPSA) is 90.8 Å². The van der Waals surface area contributed by atoms with Gasteiger partial charge in [-0.05, 0) is 48.0 Å². The van der Waals surface area contributed by atoms with Crippen molar-refractivity contribution < 1.29 is 18.3 Å². The van der Waals surface area contributed by atoms with Crippen LogP contribution in [0.4, 0.5) is 5.69 Å². The second-order valence-electron chi connectivity index (χ2n) is 7.92. The molecule has 0 bridgehead atoms. The molecule has 0 amide bonds. The van der Waals surface area contributed by atoms with Crippen molar-refractivity contribution in [1.82, 2.24) is 9.88 Å². The van der Waals surface area contributed by atoms with Gasteiger partial charge < -0.3 is 10.0 Å². The lowest BCUT2D eigenvalue weighted by Crippen LogP contribution is -2.46. The van der Waals surface area contributed by atoms with Crippen LogP contribution >= 0.6 is 0 Å². The average Bonchev–Trinajstić information content (AvgIpc) is 2.80. The Kier molecular flexibility index (Phi) is 6.25. The summed E-state index contributed by atoms with van der Waals surface area (Å²) in [6, 6.07) is 17.8. The highest BCUT2D eigenvalue weighted by Crippen LogP contribution is 2.25. The number of benzene rings is 2. The number of nitrogens with zero attached hydrogens (tertiary/aromatic N) is 3. The molecular weight excluding hydrogens is 426 g/mol. The Hall–Kier alpha value is -3.23. The molecule has 32 heavy (non-hydrogen) atoms. The summed E-state index contributed by atoms with van der Waals surface area (Å²) in [5, 5.41) is 9.06. The number of hydrogen-bond donors (Lipinski definition) is 1. The van der Waals surface area contributed by atoms with E-state index in [1.807, 2.05) is 18.2 Å². The van der Waals surface area contributed by atoms with Crippen LogP contribution < -0.4 is 4.90 Å². The van der Waals surface area contributed by atoms with Gasteiger partial charge in [0.1, 0.15) is 0 Å². The van der Waals surface area contributed by atoms with E-state index in [0.717, 1.165) is 55.2 Å². The fourth-order valence-electron chi connectivity index (χ4n) is 3.91. The second kappa shape index (κ2) is 9.10. The lowest BCUT2D eigenvalue weighted by molar-refractivity contribution is 0.0697. The first-order valence-electron chi connectivity index (χ1n) is 10.4. The zero-order valence-electron chi connectivity index (χ0n) is 17.8. The molecule has 1 fully saturated rings. The number of hydrogen-bond acceptors (Lipinski definition) is 6. The van der Waals surface area contributed by atoms with E-state index in [0.29, 0.717) is 10.5 Å². The number of sulfone groups is 1. The molecule has 0 radical (unpaired) electrons. The van der Waals surface area contributed by atoms with Crippen molar-refractivity contribution in [3.63, 3.8) is 0 Å². The molecule has 0 saturated carbocycles. The summed E-state index contributed by atoms with van der Waals surface area (Å²) in [4.78, 5) is 20.5. The summed E-state index contributed by atoms with van der Waals surface area (Å²) in [5.41, 5.74) is 4.17. The van der Waals surface area contributed by atoms with Crippen molar-refractivity contribution in [3.8, 4) is 11.3 Å². The van der Waals surface area contributed by atoms with Gasteiger partial charge in [-0.15, -0.1) is 0 Å². The molecule has 1 saturated heterocycles. The van der Waals surface area contributed by atoms with Gasteiger partial charge in [0.25, 0.3) is 0 Å². The molecule has 1 aliphatic heterocycles. The number of aromatic carboxylic acids is 1. The Bertz CT molecular complexity index is 1200. The van der Waals surface area contributed by atoms with Crippen LogP contribution in [-0.2, 0) is 16.4 Å². The van der Waals surface area contributed by atoms with Crippen LogP contribution in [0.2, 0.25) is 0 Å². The lowest BCUT2D eigenvalue weighted by Gasteiger charge is -2.36. The van der Waals surface area contributed by atoms with E-state index in [9.17, 15) is 13.2 Å². The van der Waals surface area contributed by atoms with Gasteiger partial charge in [-0.3, -0.25) is 9.88 Å². The van der Waals surface area contributed by atoms with E-state index in [4.69, 9.17) is 5.11 Å². The summed E-state index contributed by atoms with van der Waals surface area (Å²) in [5.74, 6) is -0.917. The molecule has 0 aliphatic carbocycles. The first-order valence-corrected chi connectivity index (χ1v) is 12.3. The minimum Gasteiger partial charge on any atom is -0.478 e. The molecule has 4 rings (SSSR count). The molecule has 166 valence electrons. The van der Waals surface area contributed by atoms with Crippen LogP contribution in [0.3, 0.4) is 0 Å². The SMILES string of the molecule is CS(=O)(=O)c1ccc(-c2ncccc2CN2CCN(c3ccc(C(=O)O)cc3)CC2)cc1. The summed E-state index contributed by atoms with van der Waals surface area (Å²) in [6.07, 6.45) is 2.95. The summed E-state index contributed by atoms with van der Waals surface area (Å²) in [7, 11) is -3.23. The van der Waals surface area contributed by atoms with Crippen molar-refractivity contribution in [2.75, 3.05) is 37.3 Å². The summed E-state index contributed by atoms with van der Waals surface area (Å²) in [6.45, 7) is 4.21. The minimum atomic E-state index is -3.23. The molecule has 1 N–H and O–H groups in total. The normalized spacial score (nSPS) is 15.0. The van der Waals surface area contributed by atoms with Crippen LogP contribution in [0.1, 0.15) is 15.9 Å². The molecule has 1 aromatic heterocycles. The third-order valence-corrected chi connectivity index (χ3v) is 6.82. The van der Waals surface area contributed by atoms with Gasteiger partial charge >= 0.3 is 5.97 Å². The highest BCUT2D eigenvalue weighted by molar-refractivity contribution is 7.90. The van der Waals surface area contributed by atoms with E-state index in [1.54, 1.807) is 42.6 Å². The Morgan fingerprint density at radius 3 is 2.22 bits per heavy atom. The Labute approximate surface area is 187 Å². The van der Waals surface area contributed by atoms with E-state index >= 15 is 0 Å². The second-order valence-corrected chi connectivity index (χ2v) is 9.94. The molecule has 0 spiro atoms. The number of pyridine rings is 1. The standard InChI is InChI=1S/C24H25N3O4S/c1-32(30,31)22-10-6-18(7-11-22)23-20(3-2-12-25-23)17-26-13-15-27(16-14-26)21-8-4-19(5-9-21)24(28)29/h2-12H,13-17H2,1H3,(H,28,29). The number of carboxylic acid groups (broad SMARTS) is 1. The van der Waals surface area contributed by atoms with Crippen molar-refractivity contribution in [3.05, 3.63) is 78.0 Å². The lowest BCUT2D eigenvalue weighted by atomic mass is 10.1. The van der Waals surface area contributed by atoms with Crippen LogP contribution in [0.25, 0.3) is 11.3 Å². The molecule has 2 heterocycles. The molecule has 7 nitrogen and oxygen atoms in total. The fourth-order valence-corrected chi connectivity index (χ4v) is 4.54. The number of carbonyl (C=O) groups is 1. The van der Waals surface area contributed by atoms with Crippen LogP contribution in [0.15, 0.2) is 71.8 Å². The minimum absolute atomic E-state index is 0.293. The molecule has 3 aromatic rings.